The van der Waals surface area contributed by atoms with Gasteiger partial charge in [0.25, 0.3) is 0 Å². The summed E-state index contributed by atoms with van der Waals surface area (Å²) in [6.07, 6.45) is 1.46. The lowest BCUT2D eigenvalue weighted by Crippen LogP contribution is -2.51. The molecule has 0 radical (unpaired) electrons. The smallest absolute Gasteiger partial charge is 0.411 e. The summed E-state index contributed by atoms with van der Waals surface area (Å²) >= 11 is 0. The van der Waals surface area contributed by atoms with E-state index in [0.29, 0.717) is 44.6 Å². The summed E-state index contributed by atoms with van der Waals surface area (Å²) in [4.78, 5) is 16.1. The number of ether oxygens (including phenoxy) is 1. The van der Waals surface area contributed by atoms with Gasteiger partial charge >= 0.3 is 6.18 Å². The molecule has 0 amide bonds. The first-order valence-corrected chi connectivity index (χ1v) is 15.7. The second-order valence-corrected chi connectivity index (χ2v) is 13.3. The van der Waals surface area contributed by atoms with Gasteiger partial charge in [0.05, 0.1) is 24.3 Å². The molecule has 1 aliphatic heterocycles. The molecule has 1 saturated heterocycles. The Kier molecular flexibility index (Phi) is 7.77. The Morgan fingerprint density at radius 2 is 1.91 bits per heavy atom. The van der Waals surface area contributed by atoms with E-state index in [1.54, 1.807) is 12.8 Å². The topological polar surface area (TPSA) is 62.1 Å². The molecule has 2 saturated carbocycles. The van der Waals surface area contributed by atoms with Crippen molar-refractivity contribution in [2.75, 3.05) is 31.2 Å². The second-order valence-electron chi connectivity index (χ2n) is 13.3. The molecule has 8 heteroatoms. The van der Waals surface area contributed by atoms with Crippen LogP contribution in [0.2, 0.25) is 0 Å². The average Bonchev–Trinajstić information content (AvgIpc) is 3.32. The van der Waals surface area contributed by atoms with E-state index < -0.39 is 17.0 Å². The summed E-state index contributed by atoms with van der Waals surface area (Å²) in [5.41, 5.74) is 4.84. The Bertz CT molecular complexity index is 1430. The van der Waals surface area contributed by atoms with E-state index in [0.717, 1.165) is 37.2 Å². The van der Waals surface area contributed by atoms with Gasteiger partial charge in [-0.2, -0.15) is 13.2 Å². The number of benzene rings is 1. The molecule has 6 rings (SSSR count). The van der Waals surface area contributed by atoms with Gasteiger partial charge in [-0.3, -0.25) is 4.79 Å². The summed E-state index contributed by atoms with van der Waals surface area (Å²) in [5.74, 6) is 4.40. The van der Waals surface area contributed by atoms with Gasteiger partial charge in [-0.15, -0.1) is 0 Å². The largest absolute Gasteiger partial charge is 0.457 e. The zero-order chi connectivity index (χ0) is 30.6. The van der Waals surface area contributed by atoms with Crippen LogP contribution < -0.4 is 4.90 Å². The molecular formula is C35H41F3N2O3. The minimum Gasteiger partial charge on any atom is -0.411 e. The van der Waals surface area contributed by atoms with E-state index in [1.807, 2.05) is 6.08 Å². The first-order chi connectivity index (χ1) is 20.5. The van der Waals surface area contributed by atoms with Gasteiger partial charge in [0.1, 0.15) is 0 Å². The fourth-order valence-corrected chi connectivity index (χ4v) is 9.32. The Hall–Kier alpha value is -3.05. The number of carbonyl (C=O) groups excluding carboxylic acids is 1. The standard InChI is InChI=1S/C35H41F3N2O3/c1-4-31(41)34(13-14-35(36,37)38)12-11-30-28-19-22(2)27-20-24(39-42)7-10-26(27)32(28)29(21-33(30,34)3)23-5-8-25(9-6-23)40-15-17-43-18-16-40/h5-6,8-9,20,22,28-30,42H,4,7,10-12,15-19,21H2,1-3H3/b39-24+/t22?,28-,29+,30-,33-,34-/m0/s1. The summed E-state index contributed by atoms with van der Waals surface area (Å²) < 4.78 is 46.2. The van der Waals surface area contributed by atoms with Crippen LogP contribution in [-0.2, 0) is 9.53 Å². The van der Waals surface area contributed by atoms with Gasteiger partial charge in [0, 0.05) is 37.0 Å². The number of fused-ring (bicyclic) bond motifs is 4. The van der Waals surface area contributed by atoms with Gasteiger partial charge < -0.3 is 14.8 Å². The number of halogens is 3. The van der Waals surface area contributed by atoms with Crippen molar-refractivity contribution in [3.8, 4) is 11.8 Å². The minimum absolute atomic E-state index is 0.0432. The minimum atomic E-state index is -4.65. The molecule has 6 atom stereocenters. The Morgan fingerprint density at radius 1 is 1.19 bits per heavy atom. The van der Waals surface area contributed by atoms with Gasteiger partial charge in [0.15, 0.2) is 5.78 Å². The van der Waals surface area contributed by atoms with Gasteiger partial charge in [-0.05, 0) is 96.6 Å². The van der Waals surface area contributed by atoms with Crippen LogP contribution in [0.3, 0.4) is 0 Å². The monoisotopic (exact) mass is 594 g/mol. The van der Waals surface area contributed by atoms with E-state index in [-0.39, 0.29) is 35.9 Å². The number of anilines is 1. The molecule has 4 aliphatic carbocycles. The lowest BCUT2D eigenvalue weighted by molar-refractivity contribution is -0.132. The number of Topliss-reactive ketones (excluding diaryl/α,β-unsaturated/α-hetero) is 1. The molecule has 5 aliphatic rings. The lowest BCUT2D eigenvalue weighted by atomic mass is 9.47. The van der Waals surface area contributed by atoms with Crippen molar-refractivity contribution >= 4 is 17.2 Å². The molecule has 3 fully saturated rings. The molecule has 5 nitrogen and oxygen atoms in total. The van der Waals surface area contributed by atoms with Crippen LogP contribution in [0.15, 0.2) is 52.2 Å². The Morgan fingerprint density at radius 3 is 2.56 bits per heavy atom. The summed E-state index contributed by atoms with van der Waals surface area (Å²) in [5, 5.41) is 13.1. The average molecular weight is 595 g/mol. The fourth-order valence-electron chi connectivity index (χ4n) is 9.32. The number of oxime groups is 1. The zero-order valence-corrected chi connectivity index (χ0v) is 25.3. The van der Waals surface area contributed by atoms with Crippen LogP contribution in [-0.4, -0.2) is 49.2 Å². The number of rotatable bonds is 4. The molecule has 230 valence electrons. The molecule has 43 heavy (non-hydrogen) atoms. The van der Waals surface area contributed by atoms with Crippen LogP contribution in [0, 0.1) is 40.4 Å². The summed E-state index contributed by atoms with van der Waals surface area (Å²) in [6, 6.07) is 8.65. The number of hydrogen-bond acceptors (Lipinski definition) is 5. The number of morpholine rings is 1. The normalized spacial score (nSPS) is 35.0. The van der Waals surface area contributed by atoms with Crippen LogP contribution in [0.25, 0.3) is 0 Å². The third-order valence-corrected chi connectivity index (χ3v) is 11.3. The van der Waals surface area contributed by atoms with E-state index in [1.165, 1.54) is 16.7 Å². The highest BCUT2D eigenvalue weighted by Crippen LogP contribution is 2.70. The van der Waals surface area contributed by atoms with Crippen molar-refractivity contribution in [3.63, 3.8) is 0 Å². The van der Waals surface area contributed by atoms with Crippen molar-refractivity contribution in [3.05, 3.63) is 52.6 Å². The second kappa shape index (κ2) is 11.1. The molecule has 0 spiro atoms. The molecule has 1 aromatic carbocycles. The zero-order valence-electron chi connectivity index (χ0n) is 25.3. The molecule has 0 aromatic heterocycles. The van der Waals surface area contributed by atoms with E-state index >= 15 is 0 Å². The molecule has 1 N–H and O–H groups in total. The third kappa shape index (κ3) is 5.02. The summed E-state index contributed by atoms with van der Waals surface area (Å²) in [6.45, 7) is 9.07. The number of hydrogen-bond donors (Lipinski definition) is 1. The van der Waals surface area contributed by atoms with Crippen LogP contribution in [0.1, 0.15) is 77.2 Å². The van der Waals surface area contributed by atoms with Gasteiger partial charge in [0.2, 0.25) is 0 Å². The maximum absolute atomic E-state index is 13.8. The third-order valence-electron chi connectivity index (χ3n) is 11.3. The number of alkyl halides is 3. The molecule has 1 heterocycles. The maximum Gasteiger partial charge on any atom is 0.457 e. The van der Waals surface area contributed by atoms with Crippen molar-refractivity contribution in [2.24, 2.45) is 33.7 Å². The van der Waals surface area contributed by atoms with Crippen molar-refractivity contribution < 1.29 is 27.9 Å². The van der Waals surface area contributed by atoms with Crippen LogP contribution in [0.5, 0.6) is 0 Å². The first kappa shape index (κ1) is 30.0. The van der Waals surface area contributed by atoms with E-state index in [4.69, 9.17) is 4.74 Å². The highest BCUT2D eigenvalue weighted by molar-refractivity contribution is 5.97. The van der Waals surface area contributed by atoms with Gasteiger partial charge in [-0.1, -0.05) is 49.6 Å². The fraction of sp³-hybridized carbons (Fsp3) is 0.600. The summed E-state index contributed by atoms with van der Waals surface area (Å²) in [7, 11) is 0. The Balaban J connectivity index is 1.51. The highest BCUT2D eigenvalue weighted by atomic mass is 19.4. The number of ketones is 1. The molecule has 1 aromatic rings. The lowest BCUT2D eigenvalue weighted by Gasteiger charge is -2.55. The molecule has 0 bridgehead atoms. The number of allylic oxidation sites excluding steroid dienone is 4. The quantitative estimate of drug-likeness (QED) is 0.223. The first-order valence-electron chi connectivity index (χ1n) is 15.7. The van der Waals surface area contributed by atoms with Crippen LogP contribution >= 0.6 is 0 Å². The van der Waals surface area contributed by atoms with Crippen molar-refractivity contribution in [1.82, 2.24) is 0 Å². The molecule has 1 unspecified atom stereocenters. The van der Waals surface area contributed by atoms with E-state index in [2.05, 4.69) is 54.1 Å². The van der Waals surface area contributed by atoms with E-state index in [9.17, 15) is 23.2 Å². The number of carbonyl (C=O) groups is 1. The predicted molar refractivity (Wildman–Crippen MR) is 160 cm³/mol. The van der Waals surface area contributed by atoms with Gasteiger partial charge in [-0.25, -0.2) is 0 Å². The van der Waals surface area contributed by atoms with Crippen molar-refractivity contribution in [1.29, 1.82) is 0 Å². The number of nitrogens with zero attached hydrogens (tertiary/aromatic N) is 2. The Labute approximate surface area is 252 Å². The predicted octanol–water partition coefficient (Wildman–Crippen LogP) is 7.46. The van der Waals surface area contributed by atoms with Crippen molar-refractivity contribution in [2.45, 2.75) is 77.8 Å². The van der Waals surface area contributed by atoms with Crippen LogP contribution in [0.4, 0.5) is 18.9 Å². The highest BCUT2D eigenvalue weighted by Gasteiger charge is 2.65. The molecular weight excluding hydrogens is 553 g/mol. The maximum atomic E-state index is 13.8. The SMILES string of the molecule is CCC(=O)[C@@]1(C#CC(F)(F)F)CC[C@H]2[C@@H]3CC(C)C4=C/C(=N/O)CCC4=C3[C@@H](c3ccc(N4CCOCC4)cc3)C[C@@]21C.